The first-order valence-corrected chi connectivity index (χ1v) is 7.39. The van der Waals surface area contributed by atoms with Crippen molar-refractivity contribution in [2.75, 3.05) is 19.6 Å². The molecule has 1 aromatic carbocycles. The average molecular weight is 443 g/mol. The van der Waals surface area contributed by atoms with Gasteiger partial charge < -0.3 is 10.6 Å². The molecule has 0 radical (unpaired) electrons. The predicted molar refractivity (Wildman–Crippen MR) is 99.5 cm³/mol. The molecule has 0 aliphatic rings. The summed E-state index contributed by atoms with van der Waals surface area (Å²) in [5, 5.41) is 5.68. The molecule has 2 N–H and O–H groups in total. The number of benzene rings is 1. The number of guanidine groups is 1. The Balaban J connectivity index is 0.00000484. The highest BCUT2D eigenvalue weighted by molar-refractivity contribution is 14.0. The molecule has 3 nitrogen and oxygen atoms in total. The minimum atomic E-state index is -4.16. The molecule has 0 fully saturated rings. The number of rotatable bonds is 6. The molecule has 0 saturated carbocycles. The summed E-state index contributed by atoms with van der Waals surface area (Å²) in [5.74, 6) is 0.413. The van der Waals surface area contributed by atoms with Gasteiger partial charge >= 0.3 is 6.18 Å². The molecule has 0 unspecified atom stereocenters. The van der Waals surface area contributed by atoms with Gasteiger partial charge in [-0.2, -0.15) is 13.2 Å². The van der Waals surface area contributed by atoms with Crippen molar-refractivity contribution in [3.63, 3.8) is 0 Å². The number of halogens is 4. The van der Waals surface area contributed by atoms with Crippen LogP contribution in [0.4, 0.5) is 13.2 Å². The predicted octanol–water partition coefficient (Wildman–Crippen LogP) is 4.09. The maximum absolute atomic E-state index is 12.2. The highest BCUT2D eigenvalue weighted by Crippen LogP contribution is 2.23. The van der Waals surface area contributed by atoms with Crippen molar-refractivity contribution in [2.24, 2.45) is 4.99 Å². The normalized spacial score (nSPS) is 12.5. The molecular weight excluding hydrogens is 418 g/mol. The van der Waals surface area contributed by atoms with E-state index in [1.165, 1.54) is 0 Å². The van der Waals surface area contributed by atoms with Crippen LogP contribution < -0.4 is 10.6 Å². The standard InChI is InChI=1S/C16H24F3N3.HI/c1-4-20-14(21-11-10-16(17,18)19)22-12-15(2,3)13-8-6-5-7-9-13;/h5-9H,4,10-12H2,1-3H3,(H2,20,21,22);1H. The van der Waals surface area contributed by atoms with Gasteiger partial charge in [0.25, 0.3) is 0 Å². The molecular formula is C16H25F3IN3. The Morgan fingerprint density at radius 3 is 2.22 bits per heavy atom. The number of nitrogens with zero attached hydrogens (tertiary/aromatic N) is 1. The van der Waals surface area contributed by atoms with Crippen LogP contribution in [0.2, 0.25) is 0 Å². The van der Waals surface area contributed by atoms with Crippen LogP contribution in [0.5, 0.6) is 0 Å². The third-order valence-electron chi connectivity index (χ3n) is 3.23. The van der Waals surface area contributed by atoms with Gasteiger partial charge in [0.2, 0.25) is 0 Å². The fourth-order valence-electron chi connectivity index (χ4n) is 1.92. The van der Waals surface area contributed by atoms with Gasteiger partial charge in [-0.05, 0) is 12.5 Å². The lowest BCUT2D eigenvalue weighted by molar-refractivity contribution is -0.132. The van der Waals surface area contributed by atoms with Crippen LogP contribution in [-0.4, -0.2) is 31.8 Å². The molecule has 0 heterocycles. The van der Waals surface area contributed by atoms with E-state index in [0.29, 0.717) is 19.0 Å². The molecule has 0 spiro atoms. The number of alkyl halides is 3. The van der Waals surface area contributed by atoms with Crippen molar-refractivity contribution in [3.05, 3.63) is 35.9 Å². The molecule has 1 aromatic rings. The summed E-state index contributed by atoms with van der Waals surface area (Å²) in [6.07, 6.45) is -5.03. The molecule has 132 valence electrons. The van der Waals surface area contributed by atoms with Gasteiger partial charge in [-0.1, -0.05) is 44.2 Å². The topological polar surface area (TPSA) is 36.4 Å². The molecule has 0 atom stereocenters. The zero-order chi connectivity index (χ0) is 16.6. The van der Waals surface area contributed by atoms with E-state index in [9.17, 15) is 13.2 Å². The number of hydrogen-bond acceptors (Lipinski definition) is 1. The quantitative estimate of drug-likeness (QED) is 0.395. The van der Waals surface area contributed by atoms with Crippen molar-refractivity contribution < 1.29 is 13.2 Å². The third-order valence-corrected chi connectivity index (χ3v) is 3.23. The van der Waals surface area contributed by atoms with E-state index < -0.39 is 12.6 Å². The molecule has 0 bridgehead atoms. The fraction of sp³-hybridized carbons (Fsp3) is 0.562. The third kappa shape index (κ3) is 9.02. The van der Waals surface area contributed by atoms with E-state index in [0.717, 1.165) is 5.56 Å². The average Bonchev–Trinajstić information content (AvgIpc) is 2.44. The first-order valence-electron chi connectivity index (χ1n) is 7.39. The van der Waals surface area contributed by atoms with Gasteiger partial charge in [0.05, 0.1) is 13.0 Å². The van der Waals surface area contributed by atoms with Crippen molar-refractivity contribution in [2.45, 2.75) is 38.8 Å². The summed E-state index contributed by atoms with van der Waals surface area (Å²) < 4.78 is 36.6. The molecule has 1 rings (SSSR count). The van der Waals surface area contributed by atoms with Gasteiger partial charge in [0.15, 0.2) is 5.96 Å². The van der Waals surface area contributed by atoms with Crippen molar-refractivity contribution in [1.29, 1.82) is 0 Å². The maximum Gasteiger partial charge on any atom is 0.390 e. The highest BCUT2D eigenvalue weighted by Gasteiger charge is 2.26. The number of aliphatic imine (C=N–C) groups is 1. The molecule has 0 aliphatic heterocycles. The Hall–Kier alpha value is -0.990. The van der Waals surface area contributed by atoms with Gasteiger partial charge in [-0.25, -0.2) is 0 Å². The van der Waals surface area contributed by atoms with Crippen molar-refractivity contribution in [3.8, 4) is 0 Å². The second kappa shape index (κ2) is 10.00. The molecule has 0 aliphatic carbocycles. The van der Waals surface area contributed by atoms with Gasteiger partial charge in [-0.3, -0.25) is 4.99 Å². The van der Waals surface area contributed by atoms with Crippen LogP contribution in [0, 0.1) is 0 Å². The smallest absolute Gasteiger partial charge is 0.357 e. The summed E-state index contributed by atoms with van der Waals surface area (Å²) in [4.78, 5) is 4.41. The summed E-state index contributed by atoms with van der Waals surface area (Å²) in [6, 6.07) is 9.94. The first kappa shape index (κ1) is 22.0. The number of nitrogens with one attached hydrogen (secondary N) is 2. The largest absolute Gasteiger partial charge is 0.390 e. The van der Waals surface area contributed by atoms with Crippen LogP contribution >= 0.6 is 24.0 Å². The van der Waals surface area contributed by atoms with Crippen LogP contribution in [0.1, 0.15) is 32.8 Å². The fourth-order valence-corrected chi connectivity index (χ4v) is 1.92. The summed E-state index contributed by atoms with van der Waals surface area (Å²) in [6.45, 7) is 6.91. The van der Waals surface area contributed by atoms with E-state index in [1.54, 1.807) is 0 Å². The van der Waals surface area contributed by atoms with Gasteiger partial charge in [-0.15, -0.1) is 24.0 Å². The van der Waals surface area contributed by atoms with Crippen molar-refractivity contribution >= 4 is 29.9 Å². The minimum Gasteiger partial charge on any atom is -0.357 e. The highest BCUT2D eigenvalue weighted by atomic mass is 127. The van der Waals surface area contributed by atoms with Crippen molar-refractivity contribution in [1.82, 2.24) is 10.6 Å². The van der Waals surface area contributed by atoms with Crippen LogP contribution in [-0.2, 0) is 5.41 Å². The zero-order valence-corrected chi connectivity index (χ0v) is 16.0. The van der Waals surface area contributed by atoms with Gasteiger partial charge in [0, 0.05) is 18.5 Å². The van der Waals surface area contributed by atoms with Crippen LogP contribution in [0.15, 0.2) is 35.3 Å². The van der Waals surface area contributed by atoms with E-state index in [4.69, 9.17) is 0 Å². The Kier molecular flexibility index (Phi) is 9.57. The van der Waals surface area contributed by atoms with Crippen LogP contribution in [0.3, 0.4) is 0 Å². The SMILES string of the molecule is CCNC(=NCC(C)(C)c1ccccc1)NCCC(F)(F)F.I. The Labute approximate surface area is 153 Å². The van der Waals surface area contributed by atoms with Gasteiger partial charge in [0.1, 0.15) is 0 Å². The Morgan fingerprint density at radius 1 is 1.09 bits per heavy atom. The van der Waals surface area contributed by atoms with E-state index in [2.05, 4.69) is 29.5 Å². The second-order valence-electron chi connectivity index (χ2n) is 5.74. The summed E-state index contributed by atoms with van der Waals surface area (Å²) in [5.41, 5.74) is 0.957. The first-order chi connectivity index (χ1) is 10.2. The molecule has 23 heavy (non-hydrogen) atoms. The lowest BCUT2D eigenvalue weighted by Crippen LogP contribution is -2.40. The summed E-state index contributed by atoms with van der Waals surface area (Å²) in [7, 11) is 0. The molecule has 0 saturated heterocycles. The van der Waals surface area contributed by atoms with E-state index in [1.807, 2.05) is 37.3 Å². The Bertz CT molecular complexity index is 473. The zero-order valence-electron chi connectivity index (χ0n) is 13.7. The lowest BCUT2D eigenvalue weighted by Gasteiger charge is -2.24. The second-order valence-corrected chi connectivity index (χ2v) is 5.74. The molecule has 0 amide bonds. The van der Waals surface area contributed by atoms with E-state index >= 15 is 0 Å². The van der Waals surface area contributed by atoms with E-state index in [-0.39, 0.29) is 35.9 Å². The van der Waals surface area contributed by atoms with Crippen LogP contribution in [0.25, 0.3) is 0 Å². The number of hydrogen-bond donors (Lipinski definition) is 2. The Morgan fingerprint density at radius 2 is 1.70 bits per heavy atom. The maximum atomic E-state index is 12.2. The summed E-state index contributed by atoms with van der Waals surface area (Å²) >= 11 is 0. The minimum absolute atomic E-state index is 0. The molecule has 7 heteroatoms. The monoisotopic (exact) mass is 443 g/mol. The lowest BCUT2D eigenvalue weighted by atomic mass is 9.85. The molecule has 0 aromatic heterocycles.